The Labute approximate surface area is 203 Å². The second-order valence-electron chi connectivity index (χ2n) is 9.01. The predicted octanol–water partition coefficient (Wildman–Crippen LogP) is 5.59. The number of imide groups is 1. The zero-order valence-corrected chi connectivity index (χ0v) is 20.2. The number of nitrogens with zero attached hydrogens (tertiary/aromatic N) is 3. The van der Waals surface area contributed by atoms with Gasteiger partial charge >= 0.3 is 0 Å². The Bertz CT molecular complexity index is 1310. The van der Waals surface area contributed by atoms with Gasteiger partial charge < -0.3 is 9.47 Å². The second kappa shape index (κ2) is 9.14. The van der Waals surface area contributed by atoms with E-state index in [0.717, 1.165) is 53.2 Å². The summed E-state index contributed by atoms with van der Waals surface area (Å²) in [5.74, 6) is -0.215. The summed E-state index contributed by atoms with van der Waals surface area (Å²) < 4.78 is 1.95. The molecule has 0 unspecified atom stereocenters. The van der Waals surface area contributed by atoms with E-state index >= 15 is 0 Å². The average Bonchev–Trinajstić information content (AvgIpc) is 3.31. The van der Waals surface area contributed by atoms with E-state index in [1.54, 1.807) is 18.2 Å². The van der Waals surface area contributed by atoms with Crippen LogP contribution in [-0.4, -0.2) is 39.1 Å². The van der Waals surface area contributed by atoms with Gasteiger partial charge in [-0.2, -0.15) is 0 Å². The molecule has 1 atom stereocenters. The number of fused-ring (bicyclic) bond motifs is 1. The smallest absolute Gasteiger partial charge is 0.298 e. The van der Waals surface area contributed by atoms with Crippen LogP contribution in [0.4, 0.5) is 10.5 Å². The first-order valence-electron chi connectivity index (χ1n) is 11.6. The van der Waals surface area contributed by atoms with Crippen molar-refractivity contribution in [1.82, 2.24) is 9.47 Å². The Balaban J connectivity index is 1.45. The fourth-order valence-corrected chi connectivity index (χ4v) is 5.58. The Morgan fingerprint density at radius 2 is 1.85 bits per heavy atom. The molecule has 34 heavy (non-hydrogen) atoms. The molecule has 3 heterocycles. The highest BCUT2D eigenvalue weighted by atomic mass is 32.2. The van der Waals surface area contributed by atoms with Gasteiger partial charge in [0, 0.05) is 35.2 Å². The number of rotatable bonds is 4. The Morgan fingerprint density at radius 3 is 2.62 bits per heavy atom. The first kappa shape index (κ1) is 22.5. The van der Waals surface area contributed by atoms with E-state index in [1.165, 1.54) is 11.3 Å². The van der Waals surface area contributed by atoms with Gasteiger partial charge in [0.2, 0.25) is 5.91 Å². The van der Waals surface area contributed by atoms with Gasteiger partial charge in [0.05, 0.1) is 10.6 Å². The number of amides is 3. The van der Waals surface area contributed by atoms with E-state index in [9.17, 15) is 14.4 Å². The molecule has 0 N–H and O–H groups in total. The van der Waals surface area contributed by atoms with Gasteiger partial charge in [-0.15, -0.1) is 0 Å². The van der Waals surface area contributed by atoms with Crippen molar-refractivity contribution in [3.8, 4) is 0 Å². The summed E-state index contributed by atoms with van der Waals surface area (Å²) in [6.45, 7) is 5.13. The molecule has 0 bridgehead atoms. The molecule has 7 heteroatoms. The van der Waals surface area contributed by atoms with Crippen LogP contribution < -0.4 is 4.90 Å². The predicted molar refractivity (Wildman–Crippen MR) is 137 cm³/mol. The quantitative estimate of drug-likeness (QED) is 0.463. The van der Waals surface area contributed by atoms with E-state index in [4.69, 9.17) is 0 Å². The van der Waals surface area contributed by atoms with Crippen molar-refractivity contribution in [2.45, 2.75) is 45.7 Å². The Kier molecular flexibility index (Phi) is 6.04. The minimum atomic E-state index is -0.325. The monoisotopic (exact) mass is 473 g/mol. The standard InChI is InChI=1S/C27H27N3O3S/c1-18-10-12-21(13-11-18)30-26(32)24(34-27(30)33)15-20-16-28(23-9-4-3-8-22(20)23)17-25(31)29-14-6-5-7-19(29)2/h3-4,8-13,15-16,19H,5-7,14,17H2,1-2H3/b24-15-/t19-/m0/s1. The van der Waals surface area contributed by atoms with E-state index in [1.807, 2.05) is 59.0 Å². The molecular formula is C27H27N3O3S. The van der Waals surface area contributed by atoms with Crippen molar-refractivity contribution < 1.29 is 14.4 Å². The van der Waals surface area contributed by atoms with Gasteiger partial charge in [-0.25, -0.2) is 4.90 Å². The summed E-state index contributed by atoms with van der Waals surface area (Å²) in [7, 11) is 0. The molecule has 5 rings (SSSR count). The molecule has 1 aromatic heterocycles. The highest BCUT2D eigenvalue weighted by molar-refractivity contribution is 8.19. The van der Waals surface area contributed by atoms with Gasteiger partial charge in [0.1, 0.15) is 6.54 Å². The van der Waals surface area contributed by atoms with Crippen LogP contribution in [0, 0.1) is 6.92 Å². The number of carbonyl (C=O) groups is 3. The molecule has 0 spiro atoms. The molecule has 0 radical (unpaired) electrons. The fourth-order valence-electron chi connectivity index (χ4n) is 4.75. The lowest BCUT2D eigenvalue weighted by atomic mass is 10.0. The molecule has 2 aliphatic heterocycles. The minimum absolute atomic E-state index is 0.110. The first-order chi connectivity index (χ1) is 16.4. The Morgan fingerprint density at radius 1 is 1.09 bits per heavy atom. The number of piperidine rings is 1. The number of hydrogen-bond acceptors (Lipinski definition) is 4. The number of likely N-dealkylation sites (tertiary alicyclic amines) is 1. The fraction of sp³-hybridized carbons (Fsp3) is 0.296. The number of carbonyl (C=O) groups excluding carboxylic acids is 3. The normalized spacial score (nSPS) is 20.1. The van der Waals surface area contributed by atoms with Crippen LogP contribution in [0.25, 0.3) is 17.0 Å². The minimum Gasteiger partial charge on any atom is -0.338 e. The first-order valence-corrected chi connectivity index (χ1v) is 12.5. The molecular weight excluding hydrogens is 446 g/mol. The van der Waals surface area contributed by atoms with Crippen LogP contribution >= 0.6 is 11.8 Å². The summed E-state index contributed by atoms with van der Waals surface area (Å²) in [5, 5.41) is 0.641. The highest BCUT2D eigenvalue weighted by Gasteiger charge is 2.36. The average molecular weight is 474 g/mol. The van der Waals surface area contributed by atoms with Gasteiger partial charge in [0.25, 0.3) is 11.1 Å². The number of benzene rings is 2. The molecule has 3 aromatic rings. The molecule has 0 aliphatic carbocycles. The zero-order chi connectivity index (χ0) is 23.8. The third-order valence-corrected chi connectivity index (χ3v) is 7.49. The molecule has 174 valence electrons. The van der Waals surface area contributed by atoms with Crippen molar-refractivity contribution >= 4 is 51.5 Å². The number of anilines is 1. The maximum Gasteiger partial charge on any atom is 0.298 e. The lowest BCUT2D eigenvalue weighted by molar-refractivity contribution is -0.135. The van der Waals surface area contributed by atoms with Crippen molar-refractivity contribution in [3.05, 3.63) is 70.8 Å². The summed E-state index contributed by atoms with van der Waals surface area (Å²) in [5.41, 5.74) is 3.39. The molecule has 2 aliphatic rings. The molecule has 6 nitrogen and oxygen atoms in total. The molecule has 2 fully saturated rings. The number of para-hydroxylation sites is 1. The number of thioether (sulfide) groups is 1. The van der Waals surface area contributed by atoms with Gasteiger partial charge in [-0.1, -0.05) is 35.9 Å². The van der Waals surface area contributed by atoms with Gasteiger partial charge in [0.15, 0.2) is 0 Å². The van der Waals surface area contributed by atoms with Crippen LogP contribution in [0.15, 0.2) is 59.6 Å². The molecule has 2 aromatic carbocycles. The van der Waals surface area contributed by atoms with Gasteiger partial charge in [-0.3, -0.25) is 14.4 Å². The van der Waals surface area contributed by atoms with Crippen molar-refractivity contribution in [1.29, 1.82) is 0 Å². The number of aryl methyl sites for hydroxylation is 1. The summed E-state index contributed by atoms with van der Waals surface area (Å²) >= 11 is 0.945. The van der Waals surface area contributed by atoms with E-state index in [2.05, 4.69) is 6.92 Å². The zero-order valence-electron chi connectivity index (χ0n) is 19.4. The van der Waals surface area contributed by atoms with E-state index in [-0.39, 0.29) is 29.6 Å². The lowest BCUT2D eigenvalue weighted by Gasteiger charge is -2.33. The van der Waals surface area contributed by atoms with Crippen molar-refractivity contribution in [3.63, 3.8) is 0 Å². The lowest BCUT2D eigenvalue weighted by Crippen LogP contribution is -2.43. The topological polar surface area (TPSA) is 62.6 Å². The second-order valence-corrected chi connectivity index (χ2v) is 10.0. The Hall–Kier alpha value is -3.32. The highest BCUT2D eigenvalue weighted by Crippen LogP contribution is 2.37. The largest absolute Gasteiger partial charge is 0.338 e. The summed E-state index contributed by atoms with van der Waals surface area (Å²) in [4.78, 5) is 42.4. The number of aromatic nitrogens is 1. The maximum absolute atomic E-state index is 13.1. The molecule has 2 saturated heterocycles. The van der Waals surface area contributed by atoms with Crippen LogP contribution in [0.2, 0.25) is 0 Å². The van der Waals surface area contributed by atoms with Crippen LogP contribution in [-0.2, 0) is 16.1 Å². The van der Waals surface area contributed by atoms with Crippen LogP contribution in [0.1, 0.15) is 37.3 Å². The van der Waals surface area contributed by atoms with Crippen molar-refractivity contribution in [2.24, 2.45) is 0 Å². The number of hydrogen-bond donors (Lipinski definition) is 0. The van der Waals surface area contributed by atoms with Gasteiger partial charge in [-0.05, 0) is 69.1 Å². The molecule has 3 amide bonds. The SMILES string of the molecule is Cc1ccc(N2C(=O)S/C(=C\c3cn(CC(=O)N4CCCC[C@@H]4C)c4ccccc34)C2=O)cc1. The van der Waals surface area contributed by atoms with E-state index in [0.29, 0.717) is 10.6 Å². The summed E-state index contributed by atoms with van der Waals surface area (Å²) in [6, 6.07) is 15.5. The third-order valence-electron chi connectivity index (χ3n) is 6.62. The van der Waals surface area contributed by atoms with Crippen molar-refractivity contribution in [2.75, 3.05) is 11.4 Å². The van der Waals surface area contributed by atoms with Crippen LogP contribution in [0.3, 0.4) is 0 Å². The maximum atomic E-state index is 13.1. The third kappa shape index (κ3) is 4.16. The van der Waals surface area contributed by atoms with E-state index < -0.39 is 0 Å². The summed E-state index contributed by atoms with van der Waals surface area (Å²) in [6.07, 6.45) is 6.94. The van der Waals surface area contributed by atoms with Crippen LogP contribution in [0.5, 0.6) is 0 Å². The molecule has 0 saturated carbocycles.